The highest BCUT2D eigenvalue weighted by Gasteiger charge is 2.13. The van der Waals surface area contributed by atoms with Crippen molar-refractivity contribution in [2.75, 3.05) is 14.2 Å². The number of methoxy groups -OCH3 is 2. The summed E-state index contributed by atoms with van der Waals surface area (Å²) >= 11 is 0. The number of carbonyl (C=O) groups is 2. The highest BCUT2D eigenvalue weighted by atomic mass is 16.7. The van der Waals surface area contributed by atoms with E-state index in [0.29, 0.717) is 5.56 Å². The van der Waals surface area contributed by atoms with Crippen LogP contribution in [0.5, 0.6) is 17.2 Å². The Balaban J connectivity index is 3.03. The average molecular weight is 310 g/mol. The van der Waals surface area contributed by atoms with Gasteiger partial charge in [-0.1, -0.05) is 6.08 Å². The van der Waals surface area contributed by atoms with Gasteiger partial charge in [0.2, 0.25) is 5.75 Å². The van der Waals surface area contributed by atoms with E-state index >= 15 is 0 Å². The smallest absolute Gasteiger partial charge is 0.305 e. The molecule has 22 heavy (non-hydrogen) atoms. The van der Waals surface area contributed by atoms with Crippen LogP contribution in [0, 0.1) is 0 Å². The van der Waals surface area contributed by atoms with Crippen molar-refractivity contribution in [3.05, 3.63) is 23.8 Å². The summed E-state index contributed by atoms with van der Waals surface area (Å²) in [5.74, 6) is -0.863. The molecule has 0 heterocycles. The first kappa shape index (κ1) is 17.4. The number of carbonyl (C=O) groups excluding carboxylic acids is 2. The van der Waals surface area contributed by atoms with Crippen LogP contribution in [0.4, 0.5) is 0 Å². The maximum absolute atomic E-state index is 11.0. The summed E-state index contributed by atoms with van der Waals surface area (Å²) in [6.45, 7) is 2.41. The second kappa shape index (κ2) is 7.92. The number of ether oxygens (including phenoxy) is 4. The van der Waals surface area contributed by atoms with Gasteiger partial charge in [-0.3, -0.25) is 9.59 Å². The second-order valence-corrected chi connectivity index (χ2v) is 4.22. The Labute approximate surface area is 128 Å². The summed E-state index contributed by atoms with van der Waals surface area (Å²) in [7, 11) is 2.81. The summed E-state index contributed by atoms with van der Waals surface area (Å²) in [6.07, 6.45) is 1.79. The van der Waals surface area contributed by atoms with Crippen LogP contribution in [0.15, 0.2) is 18.2 Å². The highest BCUT2D eigenvalue weighted by molar-refractivity contribution is 5.69. The molecule has 1 rings (SSSR count). The van der Waals surface area contributed by atoms with Gasteiger partial charge in [-0.05, 0) is 23.8 Å². The summed E-state index contributed by atoms with van der Waals surface area (Å²) in [5, 5.41) is 9.82. The quantitative estimate of drug-likeness (QED) is 0.633. The molecule has 0 saturated carbocycles. The minimum Gasteiger partial charge on any atom is -0.502 e. The first-order valence-electron chi connectivity index (χ1n) is 6.35. The maximum atomic E-state index is 11.0. The lowest BCUT2D eigenvalue weighted by Gasteiger charge is -2.13. The van der Waals surface area contributed by atoms with Gasteiger partial charge >= 0.3 is 11.9 Å². The van der Waals surface area contributed by atoms with E-state index in [1.807, 2.05) is 0 Å². The fourth-order valence-electron chi connectivity index (χ4n) is 1.63. The van der Waals surface area contributed by atoms with Gasteiger partial charge in [-0.2, -0.15) is 0 Å². The molecule has 1 N–H and O–H groups in total. The van der Waals surface area contributed by atoms with Crippen LogP contribution < -0.4 is 9.47 Å². The number of aromatic hydroxyl groups is 1. The third-order valence-corrected chi connectivity index (χ3v) is 2.51. The zero-order valence-electron chi connectivity index (χ0n) is 12.8. The Morgan fingerprint density at radius 2 is 1.50 bits per heavy atom. The lowest BCUT2D eigenvalue weighted by atomic mass is 10.1. The SMILES string of the molecule is COc1cc(/C=C/C(OC(C)=O)OC(C)=O)cc(OC)c1O. The Morgan fingerprint density at radius 3 is 1.86 bits per heavy atom. The molecule has 0 bridgehead atoms. The van der Waals surface area contributed by atoms with Crippen molar-refractivity contribution in [1.82, 2.24) is 0 Å². The van der Waals surface area contributed by atoms with Gasteiger partial charge < -0.3 is 24.1 Å². The van der Waals surface area contributed by atoms with Gasteiger partial charge in [-0.25, -0.2) is 0 Å². The van der Waals surface area contributed by atoms with Crippen LogP contribution in [0.2, 0.25) is 0 Å². The van der Waals surface area contributed by atoms with Crippen LogP contribution in [-0.4, -0.2) is 37.6 Å². The van der Waals surface area contributed by atoms with Gasteiger partial charge in [0.15, 0.2) is 11.5 Å². The van der Waals surface area contributed by atoms with Crippen molar-refractivity contribution in [2.24, 2.45) is 0 Å². The fraction of sp³-hybridized carbons (Fsp3) is 0.333. The van der Waals surface area contributed by atoms with Crippen LogP contribution in [0.1, 0.15) is 19.4 Å². The van der Waals surface area contributed by atoms with Crippen molar-refractivity contribution in [3.63, 3.8) is 0 Å². The maximum Gasteiger partial charge on any atom is 0.305 e. The first-order valence-corrected chi connectivity index (χ1v) is 6.35. The van der Waals surface area contributed by atoms with Crippen molar-refractivity contribution >= 4 is 18.0 Å². The molecule has 0 fully saturated rings. The van der Waals surface area contributed by atoms with E-state index in [1.54, 1.807) is 18.2 Å². The third kappa shape index (κ3) is 5.01. The molecular weight excluding hydrogens is 292 g/mol. The molecule has 0 aliphatic carbocycles. The molecule has 120 valence electrons. The van der Waals surface area contributed by atoms with Crippen molar-refractivity contribution in [2.45, 2.75) is 20.1 Å². The highest BCUT2D eigenvalue weighted by Crippen LogP contribution is 2.37. The van der Waals surface area contributed by atoms with Gasteiger partial charge in [0.1, 0.15) is 0 Å². The number of hydrogen-bond donors (Lipinski definition) is 1. The van der Waals surface area contributed by atoms with E-state index in [4.69, 9.17) is 18.9 Å². The molecule has 0 aliphatic rings. The average Bonchev–Trinajstić information content (AvgIpc) is 2.44. The minimum absolute atomic E-state index is 0.126. The molecular formula is C15H18O7. The predicted octanol–water partition coefficient (Wildman–Crippen LogP) is 1.87. The summed E-state index contributed by atoms with van der Waals surface area (Å²) < 4.78 is 19.7. The molecule has 1 aromatic rings. The van der Waals surface area contributed by atoms with Crippen LogP contribution in [-0.2, 0) is 19.1 Å². The number of hydrogen-bond acceptors (Lipinski definition) is 7. The van der Waals surface area contributed by atoms with Crippen LogP contribution in [0.25, 0.3) is 6.08 Å². The lowest BCUT2D eigenvalue weighted by Crippen LogP contribution is -2.19. The monoisotopic (exact) mass is 310 g/mol. The van der Waals surface area contributed by atoms with E-state index in [2.05, 4.69) is 0 Å². The molecule has 7 nitrogen and oxygen atoms in total. The lowest BCUT2D eigenvalue weighted by molar-refractivity contribution is -0.176. The zero-order chi connectivity index (χ0) is 16.7. The Kier molecular flexibility index (Phi) is 6.25. The van der Waals surface area contributed by atoms with Gasteiger partial charge in [0.05, 0.1) is 14.2 Å². The summed E-state index contributed by atoms with van der Waals surface area (Å²) in [4.78, 5) is 21.9. The standard InChI is InChI=1S/C15H18O7/c1-9(16)21-14(22-10(2)17)6-5-11-7-12(19-3)15(18)13(8-11)20-4/h5-8,14,18H,1-4H3/b6-5+. The normalized spacial score (nSPS) is 10.6. The number of esters is 2. The van der Waals surface area contributed by atoms with Gasteiger partial charge in [-0.15, -0.1) is 0 Å². The van der Waals surface area contributed by atoms with E-state index < -0.39 is 18.2 Å². The Morgan fingerprint density at radius 1 is 1.05 bits per heavy atom. The van der Waals surface area contributed by atoms with Crippen molar-refractivity contribution in [1.29, 1.82) is 0 Å². The number of benzene rings is 1. The number of phenols is 1. The van der Waals surface area contributed by atoms with E-state index in [9.17, 15) is 14.7 Å². The Bertz CT molecular complexity index is 536. The molecule has 0 saturated heterocycles. The number of phenolic OH excluding ortho intramolecular Hbond substituents is 1. The molecule has 0 amide bonds. The molecule has 0 spiro atoms. The molecule has 7 heteroatoms. The first-order chi connectivity index (χ1) is 10.4. The predicted molar refractivity (Wildman–Crippen MR) is 77.6 cm³/mol. The Hall–Kier alpha value is -2.70. The molecule has 0 atom stereocenters. The van der Waals surface area contributed by atoms with E-state index in [0.717, 1.165) is 0 Å². The van der Waals surface area contributed by atoms with Crippen LogP contribution in [0.3, 0.4) is 0 Å². The van der Waals surface area contributed by atoms with Gasteiger partial charge in [0, 0.05) is 13.8 Å². The topological polar surface area (TPSA) is 91.3 Å². The van der Waals surface area contributed by atoms with Gasteiger partial charge in [0.25, 0.3) is 6.29 Å². The molecule has 0 aromatic heterocycles. The minimum atomic E-state index is -1.14. The fourth-order valence-corrected chi connectivity index (χ4v) is 1.63. The number of rotatable bonds is 6. The second-order valence-electron chi connectivity index (χ2n) is 4.22. The third-order valence-electron chi connectivity index (χ3n) is 2.51. The van der Waals surface area contributed by atoms with E-state index in [-0.39, 0.29) is 17.2 Å². The van der Waals surface area contributed by atoms with Crippen LogP contribution >= 0.6 is 0 Å². The molecule has 1 aromatic carbocycles. The summed E-state index contributed by atoms with van der Waals surface area (Å²) in [5.41, 5.74) is 0.593. The zero-order valence-corrected chi connectivity index (χ0v) is 12.8. The summed E-state index contributed by atoms with van der Waals surface area (Å²) in [6, 6.07) is 3.10. The van der Waals surface area contributed by atoms with Crippen molar-refractivity contribution in [3.8, 4) is 17.2 Å². The molecule has 0 radical (unpaired) electrons. The van der Waals surface area contributed by atoms with Crippen molar-refractivity contribution < 1.29 is 33.6 Å². The molecule has 0 aliphatic heterocycles. The largest absolute Gasteiger partial charge is 0.502 e. The van der Waals surface area contributed by atoms with E-state index in [1.165, 1.54) is 34.1 Å². The molecule has 0 unspecified atom stereocenters.